The zero-order valence-electron chi connectivity index (χ0n) is 11.8. The highest BCUT2D eigenvalue weighted by atomic mass is 16.3. The van der Waals surface area contributed by atoms with Crippen LogP contribution in [0.5, 0.6) is 0 Å². The Labute approximate surface area is 111 Å². The molecule has 104 valence electrons. The molecule has 0 aromatic rings. The third kappa shape index (κ3) is 3.57. The second-order valence-corrected chi connectivity index (χ2v) is 6.58. The third-order valence-electron chi connectivity index (χ3n) is 4.98. The molecule has 0 saturated heterocycles. The van der Waals surface area contributed by atoms with Gasteiger partial charge in [0.05, 0.1) is 5.60 Å². The quantitative estimate of drug-likeness (QED) is 0.825. The Hall–Kier alpha value is -0.370. The molecule has 2 unspecified atom stereocenters. The van der Waals surface area contributed by atoms with Crippen LogP contribution in [0.2, 0.25) is 0 Å². The zero-order chi connectivity index (χ0) is 13.0. The van der Waals surface area contributed by atoms with E-state index in [-0.39, 0.29) is 5.92 Å². The maximum absolute atomic E-state index is 12.0. The van der Waals surface area contributed by atoms with E-state index in [9.17, 15) is 9.90 Å². The van der Waals surface area contributed by atoms with Gasteiger partial charge in [-0.2, -0.15) is 0 Å². The van der Waals surface area contributed by atoms with Gasteiger partial charge in [-0.15, -0.1) is 0 Å². The molecule has 0 spiro atoms. The summed E-state index contributed by atoms with van der Waals surface area (Å²) in [4.78, 5) is 12.0. The van der Waals surface area contributed by atoms with Gasteiger partial charge in [0.1, 0.15) is 5.78 Å². The minimum Gasteiger partial charge on any atom is -0.390 e. The first-order valence-corrected chi connectivity index (χ1v) is 7.88. The molecule has 0 amide bonds. The van der Waals surface area contributed by atoms with Crippen LogP contribution in [0.4, 0.5) is 0 Å². The fraction of sp³-hybridized carbons (Fsp3) is 0.938. The number of rotatable bonds is 4. The minimum atomic E-state index is -0.521. The van der Waals surface area contributed by atoms with Gasteiger partial charge in [0.2, 0.25) is 0 Å². The van der Waals surface area contributed by atoms with Gasteiger partial charge < -0.3 is 5.11 Å². The standard InChI is InChI=1S/C16H28O2/c1-2-6-13-7-8-15(17)14(11-13)12-16(18)9-4-3-5-10-16/h13-14,18H,2-12H2,1H3. The summed E-state index contributed by atoms with van der Waals surface area (Å²) < 4.78 is 0. The lowest BCUT2D eigenvalue weighted by Gasteiger charge is -2.37. The number of aliphatic hydroxyl groups is 1. The molecule has 18 heavy (non-hydrogen) atoms. The van der Waals surface area contributed by atoms with E-state index in [4.69, 9.17) is 0 Å². The smallest absolute Gasteiger partial charge is 0.136 e. The van der Waals surface area contributed by atoms with Crippen molar-refractivity contribution in [1.82, 2.24) is 0 Å². The van der Waals surface area contributed by atoms with Crippen molar-refractivity contribution in [3.05, 3.63) is 0 Å². The lowest BCUT2D eigenvalue weighted by molar-refractivity contribution is -0.129. The van der Waals surface area contributed by atoms with Crippen LogP contribution in [0.25, 0.3) is 0 Å². The fourth-order valence-corrected chi connectivity index (χ4v) is 3.94. The van der Waals surface area contributed by atoms with E-state index in [1.54, 1.807) is 0 Å². The highest BCUT2D eigenvalue weighted by Gasteiger charge is 2.37. The Morgan fingerprint density at radius 2 is 2.00 bits per heavy atom. The highest BCUT2D eigenvalue weighted by Crippen LogP contribution is 2.39. The van der Waals surface area contributed by atoms with Gasteiger partial charge in [-0.25, -0.2) is 0 Å². The van der Waals surface area contributed by atoms with Crippen molar-refractivity contribution in [2.24, 2.45) is 11.8 Å². The van der Waals surface area contributed by atoms with Gasteiger partial charge in [-0.3, -0.25) is 4.79 Å². The molecule has 2 heteroatoms. The number of hydrogen-bond donors (Lipinski definition) is 1. The van der Waals surface area contributed by atoms with E-state index >= 15 is 0 Å². The van der Waals surface area contributed by atoms with Crippen LogP contribution in [-0.4, -0.2) is 16.5 Å². The van der Waals surface area contributed by atoms with Gasteiger partial charge in [0.15, 0.2) is 0 Å². The summed E-state index contributed by atoms with van der Waals surface area (Å²) in [6.45, 7) is 2.22. The average Bonchev–Trinajstić information content (AvgIpc) is 2.34. The summed E-state index contributed by atoms with van der Waals surface area (Å²) in [6, 6.07) is 0. The van der Waals surface area contributed by atoms with E-state index in [1.807, 2.05) is 0 Å². The van der Waals surface area contributed by atoms with Crippen LogP contribution in [0.15, 0.2) is 0 Å². The number of carbonyl (C=O) groups excluding carboxylic acids is 1. The van der Waals surface area contributed by atoms with Crippen molar-refractivity contribution in [2.75, 3.05) is 0 Å². The van der Waals surface area contributed by atoms with Crippen molar-refractivity contribution in [1.29, 1.82) is 0 Å². The number of hydrogen-bond acceptors (Lipinski definition) is 2. The molecular weight excluding hydrogens is 224 g/mol. The molecule has 2 nitrogen and oxygen atoms in total. The molecule has 2 saturated carbocycles. The fourth-order valence-electron chi connectivity index (χ4n) is 3.94. The SMILES string of the molecule is CCCC1CCC(=O)C(CC2(O)CCCCC2)C1. The van der Waals surface area contributed by atoms with Crippen molar-refractivity contribution >= 4 is 5.78 Å². The monoisotopic (exact) mass is 252 g/mol. The first kappa shape index (κ1) is 14.0. The van der Waals surface area contributed by atoms with Crippen molar-refractivity contribution in [2.45, 2.75) is 83.2 Å². The lowest BCUT2D eigenvalue weighted by Crippen LogP contribution is -2.38. The summed E-state index contributed by atoms with van der Waals surface area (Å²) in [5.74, 6) is 1.30. The minimum absolute atomic E-state index is 0.151. The molecule has 2 fully saturated rings. The lowest BCUT2D eigenvalue weighted by atomic mass is 9.71. The summed E-state index contributed by atoms with van der Waals surface area (Å²) in [5.41, 5.74) is -0.521. The molecule has 0 heterocycles. The maximum atomic E-state index is 12.0. The number of Topliss-reactive ketones (excluding diaryl/α,β-unsaturated/α-hetero) is 1. The Morgan fingerprint density at radius 1 is 1.28 bits per heavy atom. The maximum Gasteiger partial charge on any atom is 0.136 e. The largest absolute Gasteiger partial charge is 0.390 e. The topological polar surface area (TPSA) is 37.3 Å². The summed E-state index contributed by atoms with van der Waals surface area (Å²) >= 11 is 0. The predicted molar refractivity (Wildman–Crippen MR) is 73.4 cm³/mol. The predicted octanol–water partition coefficient (Wildman–Crippen LogP) is 3.86. The van der Waals surface area contributed by atoms with Crippen LogP contribution in [0.3, 0.4) is 0 Å². The Kier molecular flexibility index (Phi) is 4.83. The van der Waals surface area contributed by atoms with Crippen LogP contribution >= 0.6 is 0 Å². The zero-order valence-corrected chi connectivity index (χ0v) is 11.8. The van der Waals surface area contributed by atoms with Crippen molar-refractivity contribution < 1.29 is 9.90 Å². The molecule has 0 aromatic carbocycles. The Morgan fingerprint density at radius 3 is 2.67 bits per heavy atom. The second kappa shape index (κ2) is 6.18. The van der Waals surface area contributed by atoms with Gasteiger partial charge in [0.25, 0.3) is 0 Å². The normalized spacial score (nSPS) is 32.4. The molecule has 0 aliphatic heterocycles. The van der Waals surface area contributed by atoms with Crippen molar-refractivity contribution in [3.63, 3.8) is 0 Å². The van der Waals surface area contributed by atoms with Gasteiger partial charge in [-0.05, 0) is 38.0 Å². The van der Waals surface area contributed by atoms with E-state index in [1.165, 1.54) is 19.3 Å². The van der Waals surface area contributed by atoms with E-state index in [0.717, 1.165) is 57.3 Å². The van der Waals surface area contributed by atoms with E-state index in [0.29, 0.717) is 5.78 Å². The molecule has 1 N–H and O–H groups in total. The van der Waals surface area contributed by atoms with E-state index in [2.05, 4.69) is 6.92 Å². The number of carbonyl (C=O) groups is 1. The first-order chi connectivity index (χ1) is 8.63. The molecule has 2 aliphatic carbocycles. The molecule has 0 aromatic heterocycles. The van der Waals surface area contributed by atoms with Crippen molar-refractivity contribution in [3.8, 4) is 0 Å². The average molecular weight is 252 g/mol. The van der Waals surface area contributed by atoms with Crippen LogP contribution in [-0.2, 0) is 4.79 Å². The summed E-state index contributed by atoms with van der Waals surface area (Å²) in [6.07, 6.45) is 11.4. The Balaban J connectivity index is 1.91. The van der Waals surface area contributed by atoms with Gasteiger partial charge >= 0.3 is 0 Å². The molecule has 0 bridgehead atoms. The summed E-state index contributed by atoms with van der Waals surface area (Å²) in [5, 5.41) is 10.6. The third-order valence-corrected chi connectivity index (χ3v) is 4.98. The summed E-state index contributed by atoms with van der Waals surface area (Å²) in [7, 11) is 0. The highest BCUT2D eigenvalue weighted by molar-refractivity contribution is 5.81. The molecule has 0 radical (unpaired) electrons. The van der Waals surface area contributed by atoms with Crippen LogP contribution in [0.1, 0.15) is 77.6 Å². The number of ketones is 1. The molecule has 2 aliphatic rings. The molecule has 2 atom stereocenters. The van der Waals surface area contributed by atoms with Crippen LogP contribution < -0.4 is 0 Å². The molecule has 2 rings (SSSR count). The van der Waals surface area contributed by atoms with Gasteiger partial charge in [0, 0.05) is 12.3 Å². The van der Waals surface area contributed by atoms with Crippen LogP contribution in [0, 0.1) is 11.8 Å². The van der Waals surface area contributed by atoms with Gasteiger partial charge in [-0.1, -0.05) is 39.0 Å². The second-order valence-electron chi connectivity index (χ2n) is 6.58. The van der Waals surface area contributed by atoms with E-state index < -0.39 is 5.60 Å². The Bertz CT molecular complexity index is 279. The first-order valence-electron chi connectivity index (χ1n) is 7.88. The molecular formula is C16H28O2.